The van der Waals surface area contributed by atoms with E-state index < -0.39 is 30.7 Å². The Bertz CT molecular complexity index is 96.8. The van der Waals surface area contributed by atoms with E-state index in [4.69, 9.17) is 55.9 Å². The largest absolute Gasteiger partial charge is 2.00 e. The monoisotopic (exact) mass is 392 g/mol. The van der Waals surface area contributed by atoms with Gasteiger partial charge in [0, 0.05) is 0 Å². The number of rotatable bonds is 0. The molecular weight excluding hydrogens is 393 g/mol. The molecule has 0 saturated heterocycles. The molecule has 0 bridgehead atoms. The molecule has 0 amide bonds. The van der Waals surface area contributed by atoms with Gasteiger partial charge in [-0.2, -0.15) is 0 Å². The molecule has 12 nitrogen and oxygen atoms in total. The smallest absolute Gasteiger partial charge is 0.222 e. The van der Waals surface area contributed by atoms with E-state index in [2.05, 4.69) is 0 Å². The first-order chi connectivity index (χ1) is 6.00. The van der Waals surface area contributed by atoms with Crippen LogP contribution in [-0.2, 0) is 17.1 Å². The van der Waals surface area contributed by atoms with Gasteiger partial charge in [-0.25, -0.2) is 55.9 Å². The normalized spacial score (nSPS) is 10.6. The van der Waals surface area contributed by atoms with Crippen LogP contribution in [0.2, 0.25) is 0 Å². The zero-order valence-electron chi connectivity index (χ0n) is 7.39. The summed E-state index contributed by atoms with van der Waals surface area (Å²) >= 11 is 0. The van der Waals surface area contributed by atoms with Crippen LogP contribution < -0.4 is 107 Å². The van der Waals surface area contributed by atoms with Crippen molar-refractivity contribution in [2.24, 2.45) is 0 Å². The topological polar surface area (TPSA) is 277 Å². The molecule has 0 aromatic rings. The maximum absolute atomic E-state index is 8.49. The molecule has 0 unspecified atom stereocenters. The molecule has 0 aliphatic heterocycles. The van der Waals surface area contributed by atoms with Crippen molar-refractivity contribution in [3.63, 3.8) is 0 Å². The van der Waals surface area contributed by atoms with Gasteiger partial charge < -0.3 is 0 Å². The Morgan fingerprint density at radius 1 is 0.353 bits per heavy atom. The zero-order valence-corrected chi connectivity index (χ0v) is 13.9. The Morgan fingerprint density at radius 2 is 0.353 bits per heavy atom. The van der Waals surface area contributed by atoms with E-state index in [1.807, 2.05) is 0 Å². The van der Waals surface area contributed by atoms with Gasteiger partial charge >= 0.3 is 68.5 Å². The number of hydrogen-bond acceptors (Lipinski definition) is 12. The molecule has 0 rings (SSSR count). The van der Waals surface area contributed by atoms with Crippen LogP contribution in [0.4, 0.5) is 0 Å². The molecule has 0 spiro atoms. The summed E-state index contributed by atoms with van der Waals surface area (Å²) in [6.07, 6.45) is 0. The Hall–Kier alpha value is 2.55. The second kappa shape index (κ2) is 13.5. The quantitative estimate of drug-likeness (QED) is 0.347. The molecule has 0 heterocycles. The van der Waals surface area contributed by atoms with Gasteiger partial charge in [0.2, 0.25) is 0 Å². The van der Waals surface area contributed by atoms with Gasteiger partial charge in [0.1, 0.15) is 0 Å². The molecule has 0 N–H and O–H groups in total. The van der Waals surface area contributed by atoms with Crippen molar-refractivity contribution in [2.75, 3.05) is 0 Å². The maximum Gasteiger partial charge on any atom is 2.00 e. The van der Waals surface area contributed by atoms with Gasteiger partial charge in [-0.15, -0.1) is 30.7 Å². The van der Waals surface area contributed by atoms with Crippen molar-refractivity contribution in [1.29, 1.82) is 0 Å². The summed E-state index contributed by atoms with van der Waals surface area (Å²) in [5.41, 5.74) is 0. The summed E-state index contributed by atoms with van der Waals surface area (Å²) < 4.78 is 102. The number of hydrogen-bond donors (Lipinski definition) is 0. The third-order valence-corrected chi connectivity index (χ3v) is 0. The predicted molar refractivity (Wildman–Crippen MR) is 0 cm³/mol. The van der Waals surface area contributed by atoms with Gasteiger partial charge in [-0.05, 0) is 0 Å². The standard InChI is InChI=1S/3ClHO4.Fe.K/c3*2-1(3,4)5;;/h3*(H,2,3,4,5);;/q;;;+2;+1/p-3. The molecule has 0 aliphatic rings. The van der Waals surface area contributed by atoms with Crippen LogP contribution in [0.5, 0.6) is 0 Å². The molecule has 102 valence electrons. The van der Waals surface area contributed by atoms with Gasteiger partial charge in [-0.1, -0.05) is 0 Å². The average molecular weight is 393 g/mol. The molecule has 17 heteroatoms. The van der Waals surface area contributed by atoms with Crippen LogP contribution in [0.3, 0.4) is 0 Å². The molecule has 0 aliphatic carbocycles. The summed E-state index contributed by atoms with van der Waals surface area (Å²) in [5.74, 6) is 0. The molecule has 0 radical (unpaired) electrons. The van der Waals surface area contributed by atoms with Crippen LogP contribution in [0.1, 0.15) is 0 Å². The van der Waals surface area contributed by atoms with E-state index in [0.717, 1.165) is 0 Å². The molecule has 0 fully saturated rings. The summed E-state index contributed by atoms with van der Waals surface area (Å²) in [5, 5.41) is 0. The second-order valence-electron chi connectivity index (χ2n) is 1.13. The van der Waals surface area contributed by atoms with Crippen molar-refractivity contribution < 1.29 is 155 Å². The molecule has 0 atom stereocenters. The summed E-state index contributed by atoms with van der Waals surface area (Å²) in [6, 6.07) is 0. The third-order valence-electron chi connectivity index (χ3n) is 0. The van der Waals surface area contributed by atoms with Gasteiger partial charge in [0.05, 0.1) is 0 Å². The van der Waals surface area contributed by atoms with Gasteiger partial charge in [0.15, 0.2) is 0 Å². The molecular formula is Cl3FeKO12. The fourth-order valence-electron chi connectivity index (χ4n) is 0. The van der Waals surface area contributed by atoms with Crippen LogP contribution in [-0.4, -0.2) is 0 Å². The molecule has 0 saturated carbocycles. The zero-order chi connectivity index (χ0) is 13.5. The number of halogens is 3. The van der Waals surface area contributed by atoms with Crippen molar-refractivity contribution in [3.8, 4) is 0 Å². The van der Waals surface area contributed by atoms with Crippen LogP contribution in [0.25, 0.3) is 0 Å². The Morgan fingerprint density at radius 3 is 0.353 bits per heavy atom. The Labute approximate surface area is 153 Å². The summed E-state index contributed by atoms with van der Waals surface area (Å²) in [6.45, 7) is 0. The minimum absolute atomic E-state index is 0. The van der Waals surface area contributed by atoms with Crippen molar-refractivity contribution in [1.82, 2.24) is 0 Å². The SMILES string of the molecule is [Fe+2].[K+].[O-][Cl+3]([O-])([O-])[O-].[O-][Cl+3]([O-])([O-])[O-].[O-][Cl+3]([O-])([O-])[O-]. The van der Waals surface area contributed by atoms with Gasteiger partial charge in [-0.3, -0.25) is 0 Å². The summed E-state index contributed by atoms with van der Waals surface area (Å²) in [7, 11) is -14.8. The Kier molecular flexibility index (Phi) is 25.3. The Balaban J connectivity index is -0.0000000400. The van der Waals surface area contributed by atoms with E-state index in [1.54, 1.807) is 0 Å². The van der Waals surface area contributed by atoms with E-state index in [9.17, 15) is 0 Å². The molecule has 17 heavy (non-hydrogen) atoms. The first-order valence-electron chi connectivity index (χ1n) is 1.85. The minimum atomic E-state index is -4.94. The maximum atomic E-state index is 8.49. The van der Waals surface area contributed by atoms with Gasteiger partial charge in [0.25, 0.3) is 0 Å². The van der Waals surface area contributed by atoms with Crippen LogP contribution >= 0.6 is 0 Å². The van der Waals surface area contributed by atoms with Crippen molar-refractivity contribution >= 4 is 0 Å². The predicted octanol–water partition coefficient (Wildman–Crippen LogP) is -17.3. The molecule has 0 aromatic carbocycles. The fraction of sp³-hybridized carbons (Fsp3) is 0. The molecule has 0 aromatic heterocycles. The summed E-state index contributed by atoms with van der Waals surface area (Å²) in [4.78, 5) is 0. The fourth-order valence-corrected chi connectivity index (χ4v) is 0. The first-order valence-corrected chi connectivity index (χ1v) is 5.55. The van der Waals surface area contributed by atoms with Crippen molar-refractivity contribution in [2.45, 2.75) is 0 Å². The van der Waals surface area contributed by atoms with E-state index in [0.29, 0.717) is 0 Å². The van der Waals surface area contributed by atoms with E-state index in [1.165, 1.54) is 0 Å². The van der Waals surface area contributed by atoms with E-state index >= 15 is 0 Å². The average Bonchev–Trinajstić information content (AvgIpc) is 1.41. The first kappa shape index (κ1) is 31.8. The van der Waals surface area contributed by atoms with E-state index in [-0.39, 0.29) is 68.5 Å². The second-order valence-corrected chi connectivity index (χ2v) is 3.40. The van der Waals surface area contributed by atoms with Crippen LogP contribution in [0, 0.1) is 30.7 Å². The minimum Gasteiger partial charge on any atom is -0.222 e. The third kappa shape index (κ3) is 783. The van der Waals surface area contributed by atoms with Crippen molar-refractivity contribution in [3.05, 3.63) is 0 Å². The van der Waals surface area contributed by atoms with Crippen LogP contribution in [0.15, 0.2) is 0 Å².